The van der Waals surface area contributed by atoms with Gasteiger partial charge in [-0.05, 0) is 24.6 Å². The fraction of sp³-hybridized carbons (Fsp3) is 0.364. The highest BCUT2D eigenvalue weighted by Crippen LogP contribution is 2.14. The Morgan fingerprint density at radius 2 is 2.25 bits per heavy atom. The van der Waals surface area contributed by atoms with Crippen LogP contribution in [-0.4, -0.2) is 23.7 Å². The highest BCUT2D eigenvalue weighted by atomic mass is 79.9. The van der Waals surface area contributed by atoms with Crippen molar-refractivity contribution < 1.29 is 14.3 Å². The molecule has 0 aliphatic heterocycles. The zero-order chi connectivity index (χ0) is 12.1. The second-order valence-electron chi connectivity index (χ2n) is 3.43. The van der Waals surface area contributed by atoms with Crippen LogP contribution in [0.4, 0.5) is 4.39 Å². The molecule has 0 fully saturated rings. The topological polar surface area (TPSA) is 49.3 Å². The molecular formula is C11H13BrFNO2. The number of hydrogen-bond acceptors (Lipinski definition) is 2. The van der Waals surface area contributed by atoms with Crippen molar-refractivity contribution in [1.29, 1.82) is 0 Å². The molecule has 2 N–H and O–H groups in total. The van der Waals surface area contributed by atoms with Crippen LogP contribution >= 0.6 is 15.9 Å². The Morgan fingerprint density at radius 1 is 1.56 bits per heavy atom. The van der Waals surface area contributed by atoms with Crippen LogP contribution in [0, 0.1) is 5.82 Å². The van der Waals surface area contributed by atoms with Gasteiger partial charge in [-0.25, -0.2) is 4.39 Å². The summed E-state index contributed by atoms with van der Waals surface area (Å²) in [4.78, 5) is 11.6. The van der Waals surface area contributed by atoms with Crippen molar-refractivity contribution in [3.05, 3.63) is 34.1 Å². The van der Waals surface area contributed by atoms with E-state index < -0.39 is 17.8 Å². The van der Waals surface area contributed by atoms with Gasteiger partial charge in [-0.1, -0.05) is 22.9 Å². The molecule has 1 aromatic rings. The average molecular weight is 290 g/mol. The van der Waals surface area contributed by atoms with Gasteiger partial charge in [0.05, 0.1) is 6.10 Å². The van der Waals surface area contributed by atoms with Gasteiger partial charge in [0, 0.05) is 16.6 Å². The molecule has 16 heavy (non-hydrogen) atoms. The minimum atomic E-state index is -0.569. The zero-order valence-electron chi connectivity index (χ0n) is 8.84. The predicted octanol–water partition coefficient (Wildman–Crippen LogP) is 2.09. The van der Waals surface area contributed by atoms with Gasteiger partial charge in [0.2, 0.25) is 0 Å². The van der Waals surface area contributed by atoms with Crippen molar-refractivity contribution in [2.75, 3.05) is 6.54 Å². The van der Waals surface area contributed by atoms with Gasteiger partial charge in [0.15, 0.2) is 0 Å². The summed E-state index contributed by atoms with van der Waals surface area (Å²) in [5.74, 6) is -0.872. The van der Waals surface area contributed by atoms with Gasteiger partial charge in [0.25, 0.3) is 5.91 Å². The molecule has 88 valence electrons. The molecule has 1 aromatic carbocycles. The molecule has 1 amide bonds. The molecular weight excluding hydrogens is 277 g/mol. The van der Waals surface area contributed by atoms with E-state index in [2.05, 4.69) is 21.2 Å². The molecule has 1 rings (SSSR count). The lowest BCUT2D eigenvalue weighted by atomic mass is 10.2. The predicted molar refractivity (Wildman–Crippen MR) is 62.7 cm³/mol. The van der Waals surface area contributed by atoms with E-state index in [9.17, 15) is 14.3 Å². The smallest absolute Gasteiger partial charge is 0.251 e. The number of nitrogens with one attached hydrogen (secondary N) is 1. The minimum absolute atomic E-state index is 0.170. The molecule has 0 spiro atoms. The molecule has 0 radical (unpaired) electrons. The van der Waals surface area contributed by atoms with Gasteiger partial charge in [-0.15, -0.1) is 0 Å². The van der Waals surface area contributed by atoms with Crippen LogP contribution in [0.25, 0.3) is 0 Å². The molecule has 0 bridgehead atoms. The second-order valence-corrected chi connectivity index (χ2v) is 4.35. The third kappa shape index (κ3) is 3.90. The highest BCUT2D eigenvalue weighted by Gasteiger charge is 2.09. The number of rotatable bonds is 4. The number of amides is 1. The highest BCUT2D eigenvalue weighted by molar-refractivity contribution is 9.10. The number of benzene rings is 1. The first kappa shape index (κ1) is 13.1. The summed E-state index contributed by atoms with van der Waals surface area (Å²) < 4.78 is 13.5. The number of hydrogen-bond donors (Lipinski definition) is 2. The molecule has 5 heteroatoms. The Labute approximate surface area is 102 Å². The van der Waals surface area contributed by atoms with Crippen molar-refractivity contribution in [3.63, 3.8) is 0 Å². The van der Waals surface area contributed by atoms with Gasteiger partial charge < -0.3 is 10.4 Å². The van der Waals surface area contributed by atoms with Crippen LogP contribution in [0.15, 0.2) is 22.7 Å². The molecule has 0 heterocycles. The largest absolute Gasteiger partial charge is 0.391 e. The first-order chi connectivity index (χ1) is 7.52. The minimum Gasteiger partial charge on any atom is -0.391 e. The third-order valence-corrected chi connectivity index (χ3v) is 2.55. The van der Waals surface area contributed by atoms with Gasteiger partial charge in [-0.3, -0.25) is 4.79 Å². The summed E-state index contributed by atoms with van der Waals surface area (Å²) in [7, 11) is 0. The normalized spacial score (nSPS) is 12.2. The Balaban J connectivity index is 2.66. The summed E-state index contributed by atoms with van der Waals surface area (Å²) in [6.45, 7) is 1.99. The van der Waals surface area contributed by atoms with Crippen LogP contribution in [0.5, 0.6) is 0 Å². The monoisotopic (exact) mass is 289 g/mol. The fourth-order valence-corrected chi connectivity index (χ4v) is 1.61. The lowest BCUT2D eigenvalue weighted by Gasteiger charge is -2.09. The van der Waals surface area contributed by atoms with Crippen molar-refractivity contribution in [2.45, 2.75) is 19.4 Å². The van der Waals surface area contributed by atoms with E-state index in [-0.39, 0.29) is 12.1 Å². The summed E-state index contributed by atoms with van der Waals surface area (Å²) in [5, 5.41) is 11.8. The molecule has 1 unspecified atom stereocenters. The Hall–Kier alpha value is -0.940. The Morgan fingerprint density at radius 3 is 2.81 bits per heavy atom. The lowest BCUT2D eigenvalue weighted by molar-refractivity contribution is 0.0913. The van der Waals surface area contributed by atoms with Crippen LogP contribution in [0.3, 0.4) is 0 Å². The molecule has 3 nitrogen and oxygen atoms in total. The molecule has 0 aliphatic rings. The number of carbonyl (C=O) groups excluding carboxylic acids is 1. The van der Waals surface area contributed by atoms with E-state index >= 15 is 0 Å². The van der Waals surface area contributed by atoms with Crippen molar-refractivity contribution in [3.8, 4) is 0 Å². The summed E-state index contributed by atoms with van der Waals surface area (Å²) in [5.41, 5.74) is 0.232. The molecule has 0 aromatic heterocycles. The average Bonchev–Trinajstić information content (AvgIpc) is 2.23. The number of aliphatic hydroxyl groups excluding tert-OH is 1. The van der Waals surface area contributed by atoms with Crippen LogP contribution < -0.4 is 5.32 Å². The summed E-state index contributed by atoms with van der Waals surface area (Å²) in [6.07, 6.45) is -0.00594. The summed E-state index contributed by atoms with van der Waals surface area (Å²) in [6, 6.07) is 3.95. The SMILES string of the molecule is CCC(O)CNC(=O)c1cc(F)cc(Br)c1. The molecule has 0 aliphatic carbocycles. The first-order valence-electron chi connectivity index (χ1n) is 4.95. The Bertz CT molecular complexity index is 364. The van der Waals surface area contributed by atoms with Crippen molar-refractivity contribution in [1.82, 2.24) is 5.32 Å². The van der Waals surface area contributed by atoms with Crippen molar-refractivity contribution in [2.24, 2.45) is 0 Å². The van der Waals surface area contributed by atoms with Gasteiger partial charge in [0.1, 0.15) is 5.82 Å². The fourth-order valence-electron chi connectivity index (χ4n) is 1.14. The molecule has 0 saturated carbocycles. The van der Waals surface area contributed by atoms with Crippen LogP contribution in [0.2, 0.25) is 0 Å². The van der Waals surface area contributed by atoms with Gasteiger partial charge in [-0.2, -0.15) is 0 Å². The van der Waals surface area contributed by atoms with Crippen molar-refractivity contribution >= 4 is 21.8 Å². The van der Waals surface area contributed by atoms with E-state index in [1.165, 1.54) is 12.1 Å². The van der Waals surface area contributed by atoms with Crippen LogP contribution in [0.1, 0.15) is 23.7 Å². The third-order valence-electron chi connectivity index (χ3n) is 2.09. The van der Waals surface area contributed by atoms with E-state index in [0.29, 0.717) is 10.9 Å². The Kier molecular flexibility index (Phi) is 4.89. The maximum absolute atomic E-state index is 13.0. The molecule has 0 saturated heterocycles. The van der Waals surface area contributed by atoms with Gasteiger partial charge >= 0.3 is 0 Å². The molecule has 1 atom stereocenters. The standard InChI is InChI=1S/C11H13BrFNO2/c1-2-10(15)6-14-11(16)7-3-8(12)5-9(13)4-7/h3-5,10,15H,2,6H2,1H3,(H,14,16). The maximum atomic E-state index is 13.0. The van der Waals surface area contributed by atoms with E-state index in [4.69, 9.17) is 0 Å². The quantitative estimate of drug-likeness (QED) is 0.892. The maximum Gasteiger partial charge on any atom is 0.251 e. The zero-order valence-corrected chi connectivity index (χ0v) is 10.4. The van der Waals surface area contributed by atoms with Crippen LogP contribution in [-0.2, 0) is 0 Å². The van der Waals surface area contributed by atoms with E-state index in [1.807, 2.05) is 6.92 Å². The number of carbonyl (C=O) groups is 1. The second kappa shape index (κ2) is 5.96. The van der Waals surface area contributed by atoms with E-state index in [1.54, 1.807) is 0 Å². The summed E-state index contributed by atoms with van der Waals surface area (Å²) >= 11 is 3.11. The van der Waals surface area contributed by atoms with E-state index in [0.717, 1.165) is 6.07 Å². The number of aliphatic hydroxyl groups is 1. The number of halogens is 2. The first-order valence-corrected chi connectivity index (χ1v) is 5.74. The lowest BCUT2D eigenvalue weighted by Crippen LogP contribution is -2.31.